The van der Waals surface area contributed by atoms with Crippen molar-refractivity contribution in [1.82, 2.24) is 4.90 Å². The van der Waals surface area contributed by atoms with E-state index in [9.17, 15) is 9.59 Å². The van der Waals surface area contributed by atoms with Crippen LogP contribution in [0.4, 0.5) is 11.4 Å². The highest BCUT2D eigenvalue weighted by Crippen LogP contribution is 2.26. The van der Waals surface area contributed by atoms with Crippen molar-refractivity contribution < 1.29 is 14.3 Å². The van der Waals surface area contributed by atoms with Crippen molar-refractivity contribution in [2.24, 2.45) is 0 Å². The lowest BCUT2D eigenvalue weighted by molar-refractivity contribution is -0.133. The molecule has 2 aromatic carbocycles. The minimum atomic E-state index is -0.480. The van der Waals surface area contributed by atoms with E-state index in [1.54, 1.807) is 23.1 Å². The molecule has 0 radical (unpaired) electrons. The zero-order valence-electron chi connectivity index (χ0n) is 15.0. The van der Waals surface area contributed by atoms with Crippen molar-refractivity contribution in [1.29, 1.82) is 0 Å². The maximum atomic E-state index is 12.7. The molecule has 0 aromatic heterocycles. The molecule has 6 heteroatoms. The van der Waals surface area contributed by atoms with Crippen LogP contribution in [0.3, 0.4) is 0 Å². The number of aryl methyl sites for hydroxylation is 1. The van der Waals surface area contributed by atoms with Gasteiger partial charge in [0.1, 0.15) is 11.8 Å². The van der Waals surface area contributed by atoms with Crippen LogP contribution in [0.5, 0.6) is 5.75 Å². The molecule has 1 aliphatic rings. The summed E-state index contributed by atoms with van der Waals surface area (Å²) >= 11 is 0. The number of ether oxygens (including phenoxy) is 1. The molecule has 136 valence electrons. The monoisotopic (exact) mass is 353 g/mol. The first-order valence-electron chi connectivity index (χ1n) is 8.57. The Morgan fingerprint density at radius 3 is 2.65 bits per heavy atom. The van der Waals surface area contributed by atoms with Gasteiger partial charge in [0.25, 0.3) is 0 Å². The van der Waals surface area contributed by atoms with Gasteiger partial charge >= 0.3 is 0 Å². The van der Waals surface area contributed by atoms with Crippen LogP contribution in [-0.2, 0) is 16.1 Å². The average molecular weight is 353 g/mol. The summed E-state index contributed by atoms with van der Waals surface area (Å²) in [6, 6.07) is 12.6. The van der Waals surface area contributed by atoms with E-state index in [0.29, 0.717) is 36.5 Å². The molecule has 2 aromatic rings. The highest BCUT2D eigenvalue weighted by Gasteiger charge is 2.36. The number of amides is 2. The minimum absolute atomic E-state index is 0.0000280. The lowest BCUT2D eigenvalue weighted by Gasteiger charge is -2.24. The summed E-state index contributed by atoms with van der Waals surface area (Å²) < 4.78 is 5.12. The van der Waals surface area contributed by atoms with E-state index in [0.717, 1.165) is 11.1 Å². The number of nitrogens with one attached hydrogen (secondary N) is 1. The highest BCUT2D eigenvalue weighted by atomic mass is 16.5. The number of likely N-dealkylation sites (tertiary alicyclic amines) is 1. The maximum Gasteiger partial charge on any atom is 0.247 e. The predicted molar refractivity (Wildman–Crippen MR) is 101 cm³/mol. The van der Waals surface area contributed by atoms with E-state index in [2.05, 4.69) is 5.32 Å². The molecular weight excluding hydrogens is 330 g/mol. The normalized spacial score (nSPS) is 16.6. The van der Waals surface area contributed by atoms with Crippen molar-refractivity contribution in [3.63, 3.8) is 0 Å². The first-order valence-corrected chi connectivity index (χ1v) is 8.57. The first kappa shape index (κ1) is 17.8. The Morgan fingerprint density at radius 2 is 2.00 bits per heavy atom. The molecule has 0 spiro atoms. The smallest absolute Gasteiger partial charge is 0.247 e. The summed E-state index contributed by atoms with van der Waals surface area (Å²) in [7, 11) is 1.54. The molecule has 0 aliphatic carbocycles. The molecule has 3 N–H and O–H groups in total. The lowest BCUT2D eigenvalue weighted by atomic mass is 10.1. The van der Waals surface area contributed by atoms with Crippen molar-refractivity contribution in [2.75, 3.05) is 18.2 Å². The van der Waals surface area contributed by atoms with Crippen LogP contribution < -0.4 is 15.8 Å². The maximum absolute atomic E-state index is 12.7. The summed E-state index contributed by atoms with van der Waals surface area (Å²) in [5, 5.41) is 2.85. The third kappa shape index (κ3) is 3.79. The third-order valence-corrected chi connectivity index (χ3v) is 4.60. The van der Waals surface area contributed by atoms with E-state index in [-0.39, 0.29) is 11.8 Å². The van der Waals surface area contributed by atoms with Gasteiger partial charge in [0, 0.05) is 18.7 Å². The Kier molecular flexibility index (Phi) is 5.11. The number of rotatable bonds is 5. The molecule has 2 amide bonds. The number of carbonyl (C=O) groups is 2. The lowest BCUT2D eigenvalue weighted by Crippen LogP contribution is -2.41. The number of benzene rings is 2. The molecule has 1 heterocycles. The van der Waals surface area contributed by atoms with Gasteiger partial charge in [-0.25, -0.2) is 0 Å². The molecule has 3 rings (SSSR count). The van der Waals surface area contributed by atoms with Crippen molar-refractivity contribution in [2.45, 2.75) is 32.4 Å². The number of hydrogen-bond donors (Lipinski definition) is 2. The standard InChI is InChI=1S/C20H23N3O3/c1-13-3-5-14(6-4-13)12-23-17(8-10-19(23)24)20(25)22-15-7-9-18(26-2)16(21)11-15/h3-7,9,11,17H,8,10,12,21H2,1-2H3,(H,22,25). The summed E-state index contributed by atoms with van der Waals surface area (Å²) in [5.41, 5.74) is 9.09. The second-order valence-electron chi connectivity index (χ2n) is 6.51. The van der Waals surface area contributed by atoms with Gasteiger partial charge in [-0.05, 0) is 37.1 Å². The number of carbonyl (C=O) groups excluding carboxylic acids is 2. The molecule has 26 heavy (non-hydrogen) atoms. The molecule has 1 atom stereocenters. The zero-order chi connectivity index (χ0) is 18.7. The number of hydrogen-bond acceptors (Lipinski definition) is 4. The summed E-state index contributed by atoms with van der Waals surface area (Å²) in [6.07, 6.45) is 0.900. The van der Waals surface area contributed by atoms with E-state index in [4.69, 9.17) is 10.5 Å². The van der Waals surface area contributed by atoms with Gasteiger partial charge < -0.3 is 20.7 Å². The minimum Gasteiger partial charge on any atom is -0.495 e. The van der Waals surface area contributed by atoms with Crippen molar-refractivity contribution in [3.8, 4) is 5.75 Å². The number of nitrogen functional groups attached to an aromatic ring is 1. The van der Waals surface area contributed by atoms with Gasteiger partial charge in [-0.1, -0.05) is 29.8 Å². The topological polar surface area (TPSA) is 84.7 Å². The average Bonchev–Trinajstić information content (AvgIpc) is 2.98. The van der Waals surface area contributed by atoms with Gasteiger partial charge in [0.15, 0.2) is 0 Å². The fraction of sp³-hybridized carbons (Fsp3) is 0.300. The van der Waals surface area contributed by atoms with E-state index < -0.39 is 6.04 Å². The van der Waals surface area contributed by atoms with Crippen LogP contribution in [0.25, 0.3) is 0 Å². The summed E-state index contributed by atoms with van der Waals surface area (Å²) in [5.74, 6) is 0.354. The molecular formula is C20H23N3O3. The largest absolute Gasteiger partial charge is 0.495 e. The van der Waals surface area contributed by atoms with E-state index in [1.807, 2.05) is 31.2 Å². The van der Waals surface area contributed by atoms with Crippen LogP contribution in [0, 0.1) is 6.92 Å². The SMILES string of the molecule is COc1ccc(NC(=O)C2CCC(=O)N2Cc2ccc(C)cc2)cc1N. The number of nitrogens with zero attached hydrogens (tertiary/aromatic N) is 1. The van der Waals surface area contributed by atoms with Crippen LogP contribution in [-0.4, -0.2) is 29.9 Å². The van der Waals surface area contributed by atoms with Gasteiger partial charge in [-0.15, -0.1) is 0 Å². The van der Waals surface area contributed by atoms with Gasteiger partial charge in [-0.2, -0.15) is 0 Å². The predicted octanol–water partition coefficient (Wildman–Crippen LogP) is 2.72. The molecule has 6 nitrogen and oxygen atoms in total. The molecule has 1 fully saturated rings. The number of nitrogens with two attached hydrogens (primary N) is 1. The third-order valence-electron chi connectivity index (χ3n) is 4.60. The van der Waals surface area contributed by atoms with Crippen LogP contribution in [0.15, 0.2) is 42.5 Å². The molecule has 1 saturated heterocycles. The second kappa shape index (κ2) is 7.47. The zero-order valence-corrected chi connectivity index (χ0v) is 15.0. The Balaban J connectivity index is 1.71. The Hall–Kier alpha value is -3.02. The van der Waals surface area contributed by atoms with Crippen LogP contribution in [0.1, 0.15) is 24.0 Å². The first-order chi connectivity index (χ1) is 12.5. The highest BCUT2D eigenvalue weighted by molar-refractivity contribution is 5.99. The Morgan fingerprint density at radius 1 is 1.27 bits per heavy atom. The molecule has 0 bridgehead atoms. The molecule has 0 saturated carbocycles. The second-order valence-corrected chi connectivity index (χ2v) is 6.51. The fourth-order valence-electron chi connectivity index (χ4n) is 3.13. The number of methoxy groups -OCH3 is 1. The van der Waals surface area contributed by atoms with Crippen LogP contribution >= 0.6 is 0 Å². The Bertz CT molecular complexity index is 818. The summed E-state index contributed by atoms with van der Waals surface area (Å²) in [4.78, 5) is 26.6. The van der Waals surface area contributed by atoms with Crippen LogP contribution in [0.2, 0.25) is 0 Å². The van der Waals surface area contributed by atoms with Crippen molar-refractivity contribution >= 4 is 23.2 Å². The quantitative estimate of drug-likeness (QED) is 0.810. The Labute approximate surface area is 152 Å². The van der Waals surface area contributed by atoms with Gasteiger partial charge in [0.2, 0.25) is 11.8 Å². The molecule has 1 aliphatic heterocycles. The van der Waals surface area contributed by atoms with Gasteiger partial charge in [0.05, 0.1) is 12.8 Å². The van der Waals surface area contributed by atoms with E-state index in [1.165, 1.54) is 7.11 Å². The number of anilines is 2. The van der Waals surface area contributed by atoms with Crippen molar-refractivity contribution in [3.05, 3.63) is 53.6 Å². The fourth-order valence-corrected chi connectivity index (χ4v) is 3.13. The molecule has 1 unspecified atom stereocenters. The van der Waals surface area contributed by atoms with Gasteiger partial charge in [-0.3, -0.25) is 9.59 Å². The van der Waals surface area contributed by atoms with E-state index >= 15 is 0 Å². The summed E-state index contributed by atoms with van der Waals surface area (Å²) in [6.45, 7) is 2.45.